The first-order valence-electron chi connectivity index (χ1n) is 6.39. The number of methoxy groups -OCH3 is 1. The van der Waals surface area contributed by atoms with Gasteiger partial charge in [-0.15, -0.1) is 0 Å². The predicted molar refractivity (Wildman–Crippen MR) is 83.3 cm³/mol. The summed E-state index contributed by atoms with van der Waals surface area (Å²) in [4.78, 5) is 0.193. The lowest BCUT2D eigenvalue weighted by atomic mass is 10.2. The van der Waals surface area contributed by atoms with Crippen molar-refractivity contribution in [1.29, 1.82) is 0 Å². The molecule has 0 radical (unpaired) electrons. The van der Waals surface area contributed by atoms with Crippen LogP contribution < -0.4 is 9.46 Å². The smallest absolute Gasteiger partial charge is 0.240 e. The molecule has 0 aliphatic heterocycles. The predicted octanol–water partition coefficient (Wildman–Crippen LogP) is 2.87. The van der Waals surface area contributed by atoms with E-state index in [4.69, 9.17) is 16.3 Å². The van der Waals surface area contributed by atoms with Crippen LogP contribution in [-0.4, -0.2) is 22.1 Å². The number of benzene rings is 2. The molecule has 0 amide bonds. The Morgan fingerprint density at radius 2 is 1.86 bits per heavy atom. The molecule has 0 bridgehead atoms. The van der Waals surface area contributed by atoms with Gasteiger partial charge in [0.15, 0.2) is 0 Å². The highest BCUT2D eigenvalue weighted by Gasteiger charge is 2.13. The Kier molecular flexibility index (Phi) is 5.22. The fraction of sp³-hybridized carbons (Fsp3) is 0.200. The second-order valence-corrected chi connectivity index (χ2v) is 6.66. The molecule has 0 saturated heterocycles. The molecule has 0 fully saturated rings. The molecule has 2 aromatic rings. The number of ether oxygens (including phenoxy) is 1. The van der Waals surface area contributed by atoms with Crippen molar-refractivity contribution in [3.63, 3.8) is 0 Å². The fourth-order valence-electron chi connectivity index (χ4n) is 1.83. The summed E-state index contributed by atoms with van der Waals surface area (Å²) in [6.45, 7) is 0.321. The Bertz CT molecular complexity index is 699. The molecule has 0 heterocycles. The molecule has 2 aromatic carbocycles. The summed E-state index contributed by atoms with van der Waals surface area (Å²) in [5, 5.41) is 0.663. The zero-order valence-corrected chi connectivity index (χ0v) is 13.1. The lowest BCUT2D eigenvalue weighted by Crippen LogP contribution is -2.26. The molecule has 1 N–H and O–H groups in total. The van der Waals surface area contributed by atoms with E-state index in [-0.39, 0.29) is 4.90 Å². The van der Waals surface area contributed by atoms with Gasteiger partial charge in [0.1, 0.15) is 5.75 Å². The van der Waals surface area contributed by atoms with Gasteiger partial charge in [-0.05, 0) is 36.2 Å². The second kappa shape index (κ2) is 6.93. The third-order valence-corrected chi connectivity index (χ3v) is 4.68. The Morgan fingerprint density at radius 1 is 1.14 bits per heavy atom. The van der Waals surface area contributed by atoms with Crippen LogP contribution in [0.25, 0.3) is 0 Å². The van der Waals surface area contributed by atoms with E-state index < -0.39 is 10.0 Å². The molecule has 0 aliphatic carbocycles. The van der Waals surface area contributed by atoms with Crippen molar-refractivity contribution in [3.05, 3.63) is 59.1 Å². The van der Waals surface area contributed by atoms with Crippen molar-refractivity contribution in [2.75, 3.05) is 13.7 Å². The number of nitrogens with one attached hydrogen (secondary N) is 1. The molecule has 0 atom stereocenters. The first-order valence-corrected chi connectivity index (χ1v) is 8.25. The minimum absolute atomic E-state index is 0.193. The molecule has 0 spiro atoms. The highest BCUT2D eigenvalue weighted by atomic mass is 35.5. The molecule has 21 heavy (non-hydrogen) atoms. The van der Waals surface area contributed by atoms with E-state index in [0.717, 1.165) is 5.56 Å². The Morgan fingerprint density at radius 3 is 2.52 bits per heavy atom. The van der Waals surface area contributed by atoms with Crippen molar-refractivity contribution < 1.29 is 13.2 Å². The van der Waals surface area contributed by atoms with Crippen LogP contribution in [0.3, 0.4) is 0 Å². The van der Waals surface area contributed by atoms with E-state index in [0.29, 0.717) is 23.7 Å². The molecule has 0 saturated carbocycles. The van der Waals surface area contributed by atoms with E-state index in [1.165, 1.54) is 19.2 Å². The van der Waals surface area contributed by atoms with Crippen LogP contribution in [0.4, 0.5) is 0 Å². The summed E-state index contributed by atoms with van der Waals surface area (Å²) >= 11 is 5.80. The maximum absolute atomic E-state index is 12.2. The largest absolute Gasteiger partial charge is 0.497 e. The van der Waals surface area contributed by atoms with Gasteiger partial charge >= 0.3 is 0 Å². The van der Waals surface area contributed by atoms with Crippen molar-refractivity contribution >= 4 is 21.6 Å². The number of hydrogen-bond donors (Lipinski definition) is 1. The summed E-state index contributed by atoms with van der Waals surface area (Å²) in [6.07, 6.45) is 0.598. The van der Waals surface area contributed by atoms with E-state index in [2.05, 4.69) is 4.72 Å². The molecule has 4 nitrogen and oxygen atoms in total. The number of sulfonamides is 1. The maximum Gasteiger partial charge on any atom is 0.240 e. The highest BCUT2D eigenvalue weighted by molar-refractivity contribution is 7.89. The maximum atomic E-state index is 12.2. The van der Waals surface area contributed by atoms with Gasteiger partial charge in [0.05, 0.1) is 12.0 Å². The van der Waals surface area contributed by atoms with Gasteiger partial charge in [0, 0.05) is 17.6 Å². The number of hydrogen-bond acceptors (Lipinski definition) is 3. The summed E-state index contributed by atoms with van der Waals surface area (Å²) in [6, 6.07) is 13.7. The Labute approximate surface area is 129 Å². The third kappa shape index (κ3) is 4.46. The summed E-state index contributed by atoms with van der Waals surface area (Å²) in [5.74, 6) is 0.510. The van der Waals surface area contributed by atoms with E-state index in [9.17, 15) is 8.42 Å². The van der Waals surface area contributed by atoms with Gasteiger partial charge in [-0.1, -0.05) is 29.8 Å². The molecule has 0 aliphatic rings. The van der Waals surface area contributed by atoms with Crippen LogP contribution in [0.2, 0.25) is 5.02 Å². The van der Waals surface area contributed by atoms with Crippen LogP contribution in [0.5, 0.6) is 5.75 Å². The van der Waals surface area contributed by atoms with Crippen LogP contribution in [-0.2, 0) is 16.4 Å². The lowest BCUT2D eigenvalue weighted by molar-refractivity contribution is 0.413. The zero-order chi connectivity index (χ0) is 15.3. The molecular weight excluding hydrogens is 310 g/mol. The number of rotatable bonds is 6. The van der Waals surface area contributed by atoms with Crippen molar-refractivity contribution in [2.24, 2.45) is 0 Å². The van der Waals surface area contributed by atoms with Crippen molar-refractivity contribution in [2.45, 2.75) is 11.3 Å². The van der Waals surface area contributed by atoms with Crippen molar-refractivity contribution in [3.8, 4) is 5.75 Å². The molecule has 112 valence electrons. The molecule has 0 unspecified atom stereocenters. The molecule has 2 rings (SSSR count). The summed E-state index contributed by atoms with van der Waals surface area (Å²) in [5.41, 5.74) is 1.02. The summed E-state index contributed by atoms with van der Waals surface area (Å²) < 4.78 is 31.9. The van der Waals surface area contributed by atoms with Crippen LogP contribution >= 0.6 is 11.6 Å². The van der Waals surface area contributed by atoms with Gasteiger partial charge in [-0.3, -0.25) is 0 Å². The molecule has 0 aromatic heterocycles. The second-order valence-electron chi connectivity index (χ2n) is 4.45. The highest BCUT2D eigenvalue weighted by Crippen LogP contribution is 2.17. The van der Waals surface area contributed by atoms with Gasteiger partial charge in [-0.2, -0.15) is 0 Å². The fourth-order valence-corrected chi connectivity index (χ4v) is 3.02. The lowest BCUT2D eigenvalue weighted by Gasteiger charge is -2.08. The SMILES string of the molecule is COc1cccc(S(=O)(=O)NCCc2ccc(Cl)cc2)c1. The number of halogens is 1. The van der Waals surface area contributed by atoms with Gasteiger partial charge < -0.3 is 4.74 Å². The third-order valence-electron chi connectivity index (χ3n) is 2.97. The van der Waals surface area contributed by atoms with Gasteiger partial charge in [0.2, 0.25) is 10.0 Å². The first-order chi connectivity index (χ1) is 10.0. The minimum atomic E-state index is -3.53. The molecular formula is C15H16ClNO3S. The zero-order valence-electron chi connectivity index (χ0n) is 11.5. The quantitative estimate of drug-likeness (QED) is 0.888. The summed E-state index contributed by atoms with van der Waals surface area (Å²) in [7, 11) is -2.03. The van der Waals surface area contributed by atoms with E-state index in [1.54, 1.807) is 24.3 Å². The van der Waals surface area contributed by atoms with Crippen LogP contribution in [0.15, 0.2) is 53.4 Å². The van der Waals surface area contributed by atoms with Crippen LogP contribution in [0, 0.1) is 0 Å². The normalized spacial score (nSPS) is 11.3. The van der Waals surface area contributed by atoms with E-state index >= 15 is 0 Å². The Balaban J connectivity index is 1.99. The molecule has 6 heteroatoms. The van der Waals surface area contributed by atoms with E-state index in [1.807, 2.05) is 12.1 Å². The van der Waals surface area contributed by atoms with Crippen molar-refractivity contribution in [1.82, 2.24) is 4.72 Å². The van der Waals surface area contributed by atoms with Gasteiger partial charge in [0.25, 0.3) is 0 Å². The monoisotopic (exact) mass is 325 g/mol. The average molecular weight is 326 g/mol. The van der Waals surface area contributed by atoms with Gasteiger partial charge in [-0.25, -0.2) is 13.1 Å². The van der Waals surface area contributed by atoms with Crippen LogP contribution in [0.1, 0.15) is 5.56 Å². The first kappa shape index (κ1) is 15.8. The average Bonchev–Trinajstić information content (AvgIpc) is 2.49. The standard InChI is InChI=1S/C15H16ClNO3S/c1-20-14-3-2-4-15(11-14)21(18,19)17-10-9-12-5-7-13(16)8-6-12/h2-8,11,17H,9-10H2,1H3. The Hall–Kier alpha value is -1.56. The minimum Gasteiger partial charge on any atom is -0.497 e. The topological polar surface area (TPSA) is 55.4 Å².